The third-order valence-electron chi connectivity index (χ3n) is 14.2. The molecule has 0 saturated carbocycles. The van der Waals surface area contributed by atoms with Gasteiger partial charge in [-0.15, -0.1) is 0 Å². The quantitative estimate of drug-likeness (QED) is 0.151. The van der Waals surface area contributed by atoms with Gasteiger partial charge in [-0.2, -0.15) is 0 Å². The predicted octanol–water partition coefficient (Wildman–Crippen LogP) is 15.6. The van der Waals surface area contributed by atoms with E-state index in [1.807, 2.05) is 0 Å². The number of fused-ring (bicyclic) bond motifs is 9. The number of hydrogen-bond acceptors (Lipinski definition) is 2. The molecular formula is C61H50N2. The molecule has 12 rings (SSSR count). The molecule has 0 aromatic heterocycles. The molecule has 0 N–H and O–H groups in total. The van der Waals surface area contributed by atoms with Crippen LogP contribution in [0.15, 0.2) is 252 Å². The molecule has 3 atom stereocenters. The van der Waals surface area contributed by atoms with Gasteiger partial charge in [-0.1, -0.05) is 164 Å². The first kappa shape index (κ1) is 37.6. The molecule has 63 heavy (non-hydrogen) atoms. The Kier molecular flexibility index (Phi) is 9.33. The summed E-state index contributed by atoms with van der Waals surface area (Å²) in [5.74, 6) is 0.301. The SMILES string of the molecule is C1=CC(N(c2ccccc2)c2ccc(-c3cccc4c3-c3ccccc3C43C4=CCCC=C4C4=C3CC(C3=CCC(N(c5ccccc5)c5ccccc5)C=C3)C=C4)cc2)=CCC1. The highest BCUT2D eigenvalue weighted by Gasteiger charge is 2.55. The van der Waals surface area contributed by atoms with Crippen molar-refractivity contribution in [2.24, 2.45) is 5.92 Å². The van der Waals surface area contributed by atoms with E-state index in [0.29, 0.717) is 5.92 Å². The van der Waals surface area contributed by atoms with E-state index in [2.05, 4.69) is 228 Å². The first-order valence-electron chi connectivity index (χ1n) is 22.9. The fourth-order valence-corrected chi connectivity index (χ4v) is 11.6. The van der Waals surface area contributed by atoms with Crippen LogP contribution in [0.4, 0.5) is 22.7 Å². The van der Waals surface area contributed by atoms with Crippen molar-refractivity contribution in [1.82, 2.24) is 0 Å². The number of anilines is 4. The second-order valence-electron chi connectivity index (χ2n) is 17.6. The van der Waals surface area contributed by atoms with E-state index in [-0.39, 0.29) is 11.5 Å². The van der Waals surface area contributed by atoms with E-state index in [1.54, 1.807) is 5.57 Å². The van der Waals surface area contributed by atoms with Crippen molar-refractivity contribution in [3.63, 3.8) is 0 Å². The molecule has 0 saturated heterocycles. The van der Waals surface area contributed by atoms with Crippen LogP contribution in [0.25, 0.3) is 22.3 Å². The van der Waals surface area contributed by atoms with Gasteiger partial charge in [-0.25, -0.2) is 0 Å². The fraction of sp³-hybridized carbons (Fsp3) is 0.148. The highest BCUT2D eigenvalue weighted by atomic mass is 15.2. The Morgan fingerprint density at radius 3 is 1.86 bits per heavy atom. The van der Waals surface area contributed by atoms with Gasteiger partial charge in [-0.3, -0.25) is 0 Å². The lowest BCUT2D eigenvalue weighted by molar-refractivity contribution is 0.638. The Morgan fingerprint density at radius 2 is 1.14 bits per heavy atom. The minimum Gasteiger partial charge on any atom is -0.334 e. The third kappa shape index (κ3) is 6.15. The summed E-state index contributed by atoms with van der Waals surface area (Å²) >= 11 is 0. The van der Waals surface area contributed by atoms with E-state index in [9.17, 15) is 0 Å². The molecule has 6 aliphatic rings. The van der Waals surface area contributed by atoms with Gasteiger partial charge in [0.15, 0.2) is 0 Å². The molecule has 0 amide bonds. The van der Waals surface area contributed by atoms with Gasteiger partial charge in [0.1, 0.15) is 0 Å². The van der Waals surface area contributed by atoms with Crippen LogP contribution in [-0.4, -0.2) is 6.04 Å². The van der Waals surface area contributed by atoms with Crippen molar-refractivity contribution >= 4 is 22.7 Å². The highest BCUT2D eigenvalue weighted by molar-refractivity contribution is 5.98. The molecule has 304 valence electrons. The number of para-hydroxylation sites is 3. The maximum Gasteiger partial charge on any atom is 0.0685 e. The molecule has 0 aliphatic heterocycles. The summed E-state index contributed by atoms with van der Waals surface area (Å²) in [5, 5.41) is 0. The second-order valence-corrected chi connectivity index (χ2v) is 17.6. The molecule has 6 aliphatic carbocycles. The Hall–Kier alpha value is -7.16. The van der Waals surface area contributed by atoms with Gasteiger partial charge in [0.25, 0.3) is 0 Å². The number of nitrogens with zero attached hydrogens (tertiary/aromatic N) is 2. The Bertz CT molecular complexity index is 2950. The van der Waals surface area contributed by atoms with Crippen molar-refractivity contribution < 1.29 is 0 Å². The Morgan fingerprint density at radius 1 is 0.492 bits per heavy atom. The van der Waals surface area contributed by atoms with E-state index in [4.69, 9.17) is 0 Å². The fourth-order valence-electron chi connectivity index (χ4n) is 11.6. The molecule has 0 radical (unpaired) electrons. The summed E-state index contributed by atoms with van der Waals surface area (Å²) < 4.78 is 0. The van der Waals surface area contributed by atoms with Gasteiger partial charge in [0.05, 0.1) is 11.5 Å². The maximum atomic E-state index is 2.59. The lowest BCUT2D eigenvalue weighted by atomic mass is 9.65. The summed E-state index contributed by atoms with van der Waals surface area (Å²) in [6.07, 6.45) is 30.7. The summed E-state index contributed by atoms with van der Waals surface area (Å²) in [6.45, 7) is 0. The largest absolute Gasteiger partial charge is 0.334 e. The van der Waals surface area contributed by atoms with E-state index >= 15 is 0 Å². The van der Waals surface area contributed by atoms with Crippen LogP contribution in [0.2, 0.25) is 0 Å². The summed E-state index contributed by atoms with van der Waals surface area (Å²) in [6, 6.07) is 58.5. The predicted molar refractivity (Wildman–Crippen MR) is 263 cm³/mol. The highest BCUT2D eigenvalue weighted by Crippen LogP contribution is 2.67. The average molecular weight is 811 g/mol. The molecule has 3 unspecified atom stereocenters. The van der Waals surface area contributed by atoms with Crippen LogP contribution >= 0.6 is 0 Å². The van der Waals surface area contributed by atoms with Crippen molar-refractivity contribution in [3.8, 4) is 22.3 Å². The van der Waals surface area contributed by atoms with Crippen LogP contribution in [0.1, 0.15) is 49.7 Å². The normalized spacial score (nSPS) is 21.5. The Labute approximate surface area is 372 Å². The van der Waals surface area contributed by atoms with Gasteiger partial charge in [0, 0.05) is 34.4 Å². The zero-order chi connectivity index (χ0) is 41.7. The molecule has 0 fully saturated rings. The summed E-state index contributed by atoms with van der Waals surface area (Å²) in [7, 11) is 0. The first-order chi connectivity index (χ1) is 31.3. The second kappa shape index (κ2) is 15.6. The maximum absolute atomic E-state index is 2.59. The molecule has 2 heteroatoms. The number of benzene rings is 6. The van der Waals surface area contributed by atoms with Crippen molar-refractivity contribution in [2.75, 3.05) is 9.80 Å². The van der Waals surface area contributed by atoms with Crippen LogP contribution in [0, 0.1) is 5.92 Å². The molecule has 2 nitrogen and oxygen atoms in total. The molecule has 6 aromatic rings. The smallest absolute Gasteiger partial charge is 0.0685 e. The number of hydrogen-bond donors (Lipinski definition) is 0. The lowest BCUT2D eigenvalue weighted by Crippen LogP contribution is -2.31. The third-order valence-corrected chi connectivity index (χ3v) is 14.2. The zero-order valence-electron chi connectivity index (χ0n) is 35.6. The van der Waals surface area contributed by atoms with E-state index in [1.165, 1.54) is 84.1 Å². The van der Waals surface area contributed by atoms with E-state index in [0.717, 1.165) is 38.5 Å². The van der Waals surface area contributed by atoms with Crippen LogP contribution in [-0.2, 0) is 5.41 Å². The zero-order valence-corrected chi connectivity index (χ0v) is 35.6. The van der Waals surface area contributed by atoms with Gasteiger partial charge >= 0.3 is 0 Å². The molecule has 6 aromatic carbocycles. The molecule has 1 spiro atoms. The standard InChI is InChI=1S/C61H50N2/c1-5-18-46(19-6-1)62(47-20-7-2-8-21-47)50-37-32-43(33-38-50)45-36-41-54-53-26-13-15-29-56(53)61(59(54)42-45)57-30-16-14-27-55(57)60-52(28-17-31-58(60)61)44-34-39-51(40-35-44)63(48-22-9-3-10-23-48)49-24-11-4-12-25-49/h1-3,5-11,14,16-37,39-41,45,50H,4,12-13,15,38,42H2. The summed E-state index contributed by atoms with van der Waals surface area (Å²) in [4.78, 5) is 4.88. The van der Waals surface area contributed by atoms with Gasteiger partial charge < -0.3 is 9.80 Å². The van der Waals surface area contributed by atoms with E-state index < -0.39 is 0 Å². The minimum absolute atomic E-state index is 0.237. The number of rotatable bonds is 8. The van der Waals surface area contributed by atoms with Gasteiger partial charge in [0.2, 0.25) is 0 Å². The van der Waals surface area contributed by atoms with Gasteiger partial charge in [-0.05, 0) is 154 Å². The van der Waals surface area contributed by atoms with Crippen molar-refractivity contribution in [2.45, 2.75) is 50.0 Å². The monoisotopic (exact) mass is 810 g/mol. The topological polar surface area (TPSA) is 6.48 Å². The molecule has 0 heterocycles. The number of allylic oxidation sites excluding steroid dienone is 13. The van der Waals surface area contributed by atoms with Crippen molar-refractivity contribution in [3.05, 3.63) is 263 Å². The minimum atomic E-state index is -0.324. The average Bonchev–Trinajstić information content (AvgIpc) is 3.83. The molecule has 0 bridgehead atoms. The summed E-state index contributed by atoms with van der Waals surface area (Å²) in [5.41, 5.74) is 21.2. The lowest BCUT2D eigenvalue weighted by Gasteiger charge is -2.37. The van der Waals surface area contributed by atoms with Crippen LogP contribution in [0.3, 0.4) is 0 Å². The van der Waals surface area contributed by atoms with Crippen molar-refractivity contribution in [1.29, 1.82) is 0 Å². The first-order valence-corrected chi connectivity index (χ1v) is 22.9. The Balaban J connectivity index is 0.920. The molecular weight excluding hydrogens is 761 g/mol. The van der Waals surface area contributed by atoms with Crippen LogP contribution < -0.4 is 9.80 Å². The van der Waals surface area contributed by atoms with Crippen LogP contribution in [0.5, 0.6) is 0 Å².